The second kappa shape index (κ2) is 4.41. The molecule has 1 N–H and O–H groups in total. The van der Waals surface area contributed by atoms with Gasteiger partial charge in [0.05, 0.1) is 12.6 Å². The van der Waals surface area contributed by atoms with Gasteiger partial charge in [-0.1, -0.05) is 5.16 Å². The van der Waals surface area contributed by atoms with Gasteiger partial charge in [-0.15, -0.1) is 0 Å². The predicted octanol–water partition coefficient (Wildman–Crippen LogP) is 0.0729. The zero-order chi connectivity index (χ0) is 7.94. The van der Waals surface area contributed by atoms with Crippen LogP contribution in [-0.2, 0) is 6.54 Å². The molecule has 0 spiro atoms. The van der Waals surface area contributed by atoms with Gasteiger partial charge in [-0.3, -0.25) is 0 Å². The summed E-state index contributed by atoms with van der Waals surface area (Å²) in [6, 6.07) is 2.02. The molecule has 0 aliphatic heterocycles. The molecular weight excluding hydrogens is 144 g/mol. The highest BCUT2D eigenvalue weighted by atomic mass is 16.5. The Kier molecular flexibility index (Phi) is 3.09. The summed E-state index contributed by atoms with van der Waals surface area (Å²) in [5.41, 5.74) is 0. The van der Waals surface area contributed by atoms with Gasteiger partial charge in [0.1, 0.15) is 0 Å². The number of hydrogen-bond acceptors (Lipinski definition) is 5. The molecule has 5 nitrogen and oxygen atoms in total. The lowest BCUT2D eigenvalue weighted by atomic mass is 10.4. The second-order valence-corrected chi connectivity index (χ2v) is 1.93. The first-order valence-electron chi connectivity index (χ1n) is 3.26. The minimum atomic E-state index is 0.498. The fourth-order valence-electron chi connectivity index (χ4n) is 0.615. The monoisotopic (exact) mass is 152 g/mol. The standard InChI is InChI=1S/C6H8N4O/c7-2-1-3-8-4-6-9-5-11-10-6/h5,8H,1,3-4H2. The summed E-state index contributed by atoms with van der Waals surface area (Å²) in [6.07, 6.45) is 1.78. The van der Waals surface area contributed by atoms with Crippen molar-refractivity contribution >= 4 is 0 Å². The molecule has 0 amide bonds. The molecule has 1 heterocycles. The van der Waals surface area contributed by atoms with Crippen LogP contribution < -0.4 is 5.32 Å². The first kappa shape index (κ1) is 7.69. The molecule has 0 aliphatic carbocycles. The molecule has 1 aromatic heterocycles. The van der Waals surface area contributed by atoms with Crippen molar-refractivity contribution in [2.24, 2.45) is 0 Å². The average Bonchev–Trinajstić information content (AvgIpc) is 2.50. The summed E-state index contributed by atoms with van der Waals surface area (Å²) in [5, 5.41) is 14.7. The van der Waals surface area contributed by atoms with Gasteiger partial charge >= 0.3 is 0 Å². The maximum absolute atomic E-state index is 8.18. The number of aromatic nitrogens is 2. The minimum absolute atomic E-state index is 0.498. The van der Waals surface area contributed by atoms with Gasteiger partial charge < -0.3 is 9.84 Å². The molecule has 0 bridgehead atoms. The van der Waals surface area contributed by atoms with Crippen LogP contribution in [0.1, 0.15) is 12.2 Å². The van der Waals surface area contributed by atoms with Gasteiger partial charge in [-0.05, 0) is 0 Å². The van der Waals surface area contributed by atoms with Crippen LogP contribution in [0.25, 0.3) is 0 Å². The van der Waals surface area contributed by atoms with Crippen molar-refractivity contribution in [1.82, 2.24) is 15.5 Å². The van der Waals surface area contributed by atoms with E-state index in [9.17, 15) is 0 Å². The van der Waals surface area contributed by atoms with Gasteiger partial charge in [-0.25, -0.2) is 0 Å². The van der Waals surface area contributed by atoms with E-state index in [0.717, 1.165) is 0 Å². The van der Waals surface area contributed by atoms with Crippen molar-refractivity contribution in [1.29, 1.82) is 5.26 Å². The summed E-state index contributed by atoms with van der Waals surface area (Å²) < 4.78 is 4.51. The topological polar surface area (TPSA) is 74.7 Å². The largest absolute Gasteiger partial charge is 0.343 e. The Morgan fingerprint density at radius 3 is 3.27 bits per heavy atom. The van der Waals surface area contributed by atoms with Crippen molar-refractivity contribution in [3.05, 3.63) is 12.2 Å². The average molecular weight is 152 g/mol. The van der Waals surface area contributed by atoms with Crippen LogP contribution >= 0.6 is 0 Å². The third-order valence-electron chi connectivity index (χ3n) is 1.10. The molecule has 0 radical (unpaired) electrons. The van der Waals surface area contributed by atoms with Crippen molar-refractivity contribution in [3.63, 3.8) is 0 Å². The molecule has 0 aliphatic rings. The lowest BCUT2D eigenvalue weighted by Crippen LogP contribution is -2.14. The summed E-state index contributed by atoms with van der Waals surface area (Å²) in [5.74, 6) is 0.614. The predicted molar refractivity (Wildman–Crippen MR) is 36.2 cm³/mol. The maximum Gasteiger partial charge on any atom is 0.213 e. The van der Waals surface area contributed by atoms with Crippen LogP contribution in [-0.4, -0.2) is 16.7 Å². The summed E-state index contributed by atoms with van der Waals surface area (Å²) >= 11 is 0. The maximum atomic E-state index is 8.18. The van der Waals surface area contributed by atoms with E-state index in [2.05, 4.69) is 20.0 Å². The van der Waals surface area contributed by atoms with Crippen molar-refractivity contribution in [2.45, 2.75) is 13.0 Å². The van der Waals surface area contributed by atoms with Crippen molar-refractivity contribution in [2.75, 3.05) is 6.54 Å². The van der Waals surface area contributed by atoms with E-state index in [-0.39, 0.29) is 0 Å². The van der Waals surface area contributed by atoms with E-state index in [4.69, 9.17) is 5.26 Å². The van der Waals surface area contributed by atoms with Crippen LogP contribution in [0.2, 0.25) is 0 Å². The van der Waals surface area contributed by atoms with Gasteiger partial charge in [-0.2, -0.15) is 10.2 Å². The van der Waals surface area contributed by atoms with Gasteiger partial charge in [0.25, 0.3) is 0 Å². The lowest BCUT2D eigenvalue weighted by Gasteiger charge is -1.94. The van der Waals surface area contributed by atoms with Crippen LogP contribution in [0.5, 0.6) is 0 Å². The first-order chi connectivity index (χ1) is 5.43. The minimum Gasteiger partial charge on any atom is -0.343 e. The van der Waals surface area contributed by atoms with Crippen molar-refractivity contribution < 1.29 is 4.52 Å². The molecule has 0 unspecified atom stereocenters. The lowest BCUT2D eigenvalue weighted by molar-refractivity contribution is 0.407. The van der Waals surface area contributed by atoms with E-state index in [0.29, 0.717) is 25.3 Å². The van der Waals surface area contributed by atoms with E-state index in [1.54, 1.807) is 0 Å². The normalized spacial score (nSPS) is 9.36. The Bertz CT molecular complexity index is 225. The summed E-state index contributed by atoms with van der Waals surface area (Å²) in [4.78, 5) is 3.79. The molecule has 11 heavy (non-hydrogen) atoms. The van der Waals surface area contributed by atoms with Crippen LogP contribution in [0, 0.1) is 11.3 Å². The number of hydrogen-bond donors (Lipinski definition) is 1. The number of nitriles is 1. The van der Waals surface area contributed by atoms with Crippen LogP contribution in [0.15, 0.2) is 10.9 Å². The molecule has 0 fully saturated rings. The molecule has 0 atom stereocenters. The number of nitrogens with zero attached hydrogens (tertiary/aromatic N) is 3. The summed E-state index contributed by atoms with van der Waals surface area (Å²) in [6.45, 7) is 1.21. The van der Waals surface area contributed by atoms with E-state index in [1.807, 2.05) is 6.07 Å². The Balaban J connectivity index is 2.10. The molecule has 5 heteroatoms. The van der Waals surface area contributed by atoms with Gasteiger partial charge in [0.2, 0.25) is 6.39 Å². The zero-order valence-electron chi connectivity index (χ0n) is 5.95. The van der Waals surface area contributed by atoms with E-state index < -0.39 is 0 Å². The Labute approximate surface area is 64.0 Å². The number of nitrogens with one attached hydrogen (secondary N) is 1. The van der Waals surface area contributed by atoms with Crippen LogP contribution in [0.4, 0.5) is 0 Å². The van der Waals surface area contributed by atoms with Crippen LogP contribution in [0.3, 0.4) is 0 Å². The molecule has 1 rings (SSSR count). The third-order valence-corrected chi connectivity index (χ3v) is 1.10. The highest BCUT2D eigenvalue weighted by molar-refractivity contribution is 4.77. The molecule has 1 aromatic rings. The van der Waals surface area contributed by atoms with E-state index in [1.165, 1.54) is 6.39 Å². The second-order valence-electron chi connectivity index (χ2n) is 1.93. The summed E-state index contributed by atoms with van der Waals surface area (Å²) in [7, 11) is 0. The Hall–Kier alpha value is -1.41. The Morgan fingerprint density at radius 1 is 1.73 bits per heavy atom. The zero-order valence-corrected chi connectivity index (χ0v) is 5.95. The Morgan fingerprint density at radius 2 is 2.64 bits per heavy atom. The fraction of sp³-hybridized carbons (Fsp3) is 0.500. The van der Waals surface area contributed by atoms with E-state index >= 15 is 0 Å². The molecule has 0 saturated heterocycles. The SMILES string of the molecule is N#CCCNCc1ncon1. The highest BCUT2D eigenvalue weighted by Crippen LogP contribution is 1.85. The number of rotatable bonds is 4. The molecule has 58 valence electrons. The molecule has 0 aromatic carbocycles. The molecular formula is C6H8N4O. The smallest absolute Gasteiger partial charge is 0.213 e. The van der Waals surface area contributed by atoms with Crippen molar-refractivity contribution in [3.8, 4) is 6.07 Å². The highest BCUT2D eigenvalue weighted by Gasteiger charge is 1.94. The quantitative estimate of drug-likeness (QED) is 0.618. The molecule has 0 saturated carbocycles. The van der Waals surface area contributed by atoms with Gasteiger partial charge in [0.15, 0.2) is 5.82 Å². The first-order valence-corrected chi connectivity index (χ1v) is 3.26. The van der Waals surface area contributed by atoms with Gasteiger partial charge in [0, 0.05) is 13.0 Å². The fourth-order valence-corrected chi connectivity index (χ4v) is 0.615. The third kappa shape index (κ3) is 2.78.